The maximum absolute atomic E-state index is 12.6. The maximum atomic E-state index is 12.6. The summed E-state index contributed by atoms with van der Waals surface area (Å²) in [6, 6.07) is 11.7. The van der Waals surface area contributed by atoms with Crippen molar-refractivity contribution in [2.24, 2.45) is 11.7 Å². The number of ketones is 1. The Balaban J connectivity index is 1.68. The normalized spacial score (nSPS) is 20.7. The Bertz CT molecular complexity index is 857. The molecule has 2 N–H and O–H groups in total. The van der Waals surface area contributed by atoms with E-state index in [1.165, 1.54) is 10.6 Å². The second-order valence-electron chi connectivity index (χ2n) is 6.87. The van der Waals surface area contributed by atoms with Gasteiger partial charge in [-0.25, -0.2) is 0 Å². The van der Waals surface area contributed by atoms with Gasteiger partial charge in [0.05, 0.1) is 6.04 Å². The number of likely N-dealkylation sites (tertiary alicyclic amines) is 1. The lowest BCUT2D eigenvalue weighted by molar-refractivity contribution is -0.124. The maximum Gasteiger partial charge on any atom is 0.255 e. The van der Waals surface area contributed by atoms with E-state index >= 15 is 0 Å². The van der Waals surface area contributed by atoms with Crippen molar-refractivity contribution in [3.05, 3.63) is 64.6 Å². The number of amides is 1. The van der Waals surface area contributed by atoms with Gasteiger partial charge in [0.2, 0.25) is 5.91 Å². The van der Waals surface area contributed by atoms with Gasteiger partial charge < -0.3 is 5.73 Å². The number of nitrogens with two attached hydrogens (primary N) is 1. The lowest BCUT2D eigenvalue weighted by Crippen LogP contribution is -2.48. The van der Waals surface area contributed by atoms with E-state index in [1.807, 2.05) is 11.9 Å². The number of pyridine rings is 1. The average Bonchev–Trinajstić information content (AvgIpc) is 2.63. The van der Waals surface area contributed by atoms with Crippen molar-refractivity contribution in [3.8, 4) is 5.69 Å². The van der Waals surface area contributed by atoms with Gasteiger partial charge in [0.1, 0.15) is 0 Å². The first kappa shape index (κ1) is 18.1. The summed E-state index contributed by atoms with van der Waals surface area (Å²) in [4.78, 5) is 37.9. The minimum absolute atomic E-state index is 0.0507. The largest absolute Gasteiger partial charge is 0.368 e. The van der Waals surface area contributed by atoms with Gasteiger partial charge in [-0.2, -0.15) is 0 Å². The molecule has 0 saturated carbocycles. The Morgan fingerprint density at radius 3 is 2.54 bits per heavy atom. The molecule has 2 heterocycles. The van der Waals surface area contributed by atoms with Crippen LogP contribution in [0, 0.1) is 5.92 Å². The third-order valence-electron chi connectivity index (χ3n) is 5.07. The molecule has 1 fully saturated rings. The number of piperidine rings is 1. The first-order valence-corrected chi connectivity index (χ1v) is 8.76. The fraction of sp³-hybridized carbons (Fsp3) is 0.350. The molecule has 2 unspecified atom stereocenters. The van der Waals surface area contributed by atoms with E-state index in [0.717, 1.165) is 18.7 Å². The number of hydrogen-bond acceptors (Lipinski definition) is 4. The minimum Gasteiger partial charge on any atom is -0.368 e. The summed E-state index contributed by atoms with van der Waals surface area (Å²) in [5.41, 5.74) is 6.68. The second-order valence-corrected chi connectivity index (χ2v) is 6.87. The molecule has 3 rings (SSSR count). The molecular weight excluding hydrogens is 330 g/mol. The van der Waals surface area contributed by atoms with Crippen LogP contribution in [-0.4, -0.2) is 40.8 Å². The van der Waals surface area contributed by atoms with Crippen LogP contribution in [0.5, 0.6) is 0 Å². The highest BCUT2D eigenvalue weighted by atomic mass is 16.1. The monoisotopic (exact) mass is 353 g/mol. The summed E-state index contributed by atoms with van der Waals surface area (Å²) in [7, 11) is 1.89. The summed E-state index contributed by atoms with van der Waals surface area (Å²) in [6.45, 7) is 0.765. The lowest BCUT2D eigenvalue weighted by Gasteiger charge is -2.34. The number of primary amides is 1. The molecule has 1 aliphatic heterocycles. The van der Waals surface area contributed by atoms with Crippen molar-refractivity contribution >= 4 is 11.7 Å². The van der Waals surface area contributed by atoms with Crippen LogP contribution in [0.15, 0.2) is 53.5 Å². The summed E-state index contributed by atoms with van der Waals surface area (Å²) < 4.78 is 1.53. The average molecular weight is 353 g/mol. The molecule has 0 radical (unpaired) electrons. The number of rotatable bonds is 5. The zero-order chi connectivity index (χ0) is 18.7. The van der Waals surface area contributed by atoms with Crippen LogP contribution in [0.1, 0.15) is 29.6 Å². The molecule has 2 aromatic rings. The van der Waals surface area contributed by atoms with Crippen molar-refractivity contribution in [2.45, 2.75) is 25.3 Å². The predicted molar refractivity (Wildman–Crippen MR) is 99.3 cm³/mol. The number of hydrogen-bond donors (Lipinski definition) is 1. The SMILES string of the molecule is CN1CCC(CC(=O)c2ccc(-n3ccccc3=O)cc2)CC1C(N)=O. The molecule has 1 aromatic carbocycles. The van der Waals surface area contributed by atoms with Gasteiger partial charge >= 0.3 is 0 Å². The molecule has 2 atom stereocenters. The number of carbonyl (C=O) groups is 2. The second kappa shape index (κ2) is 7.66. The first-order chi connectivity index (χ1) is 12.5. The fourth-order valence-corrected chi connectivity index (χ4v) is 3.50. The molecule has 26 heavy (non-hydrogen) atoms. The number of nitrogens with zero attached hydrogens (tertiary/aromatic N) is 2. The molecule has 6 nitrogen and oxygen atoms in total. The highest BCUT2D eigenvalue weighted by molar-refractivity contribution is 5.96. The number of carbonyl (C=O) groups excluding carboxylic acids is 2. The van der Waals surface area contributed by atoms with Crippen molar-refractivity contribution in [3.63, 3.8) is 0 Å². The Morgan fingerprint density at radius 2 is 1.88 bits per heavy atom. The van der Waals surface area contributed by atoms with Gasteiger partial charge in [0.15, 0.2) is 5.78 Å². The van der Waals surface area contributed by atoms with Crippen molar-refractivity contribution in [1.29, 1.82) is 0 Å². The molecule has 6 heteroatoms. The standard InChI is InChI=1S/C20H23N3O3/c1-22-11-9-14(12-17(22)20(21)26)13-18(24)15-5-7-16(8-6-15)23-10-3-2-4-19(23)25/h2-8,10,14,17H,9,11-13H2,1H3,(H2,21,26). The van der Waals surface area contributed by atoms with Crippen LogP contribution in [0.2, 0.25) is 0 Å². The van der Waals surface area contributed by atoms with Crippen LogP contribution in [0.3, 0.4) is 0 Å². The Kier molecular flexibility index (Phi) is 5.32. The van der Waals surface area contributed by atoms with E-state index < -0.39 is 0 Å². The van der Waals surface area contributed by atoms with E-state index in [9.17, 15) is 14.4 Å². The fourth-order valence-electron chi connectivity index (χ4n) is 3.50. The van der Waals surface area contributed by atoms with Crippen molar-refractivity contribution in [2.75, 3.05) is 13.6 Å². The topological polar surface area (TPSA) is 85.4 Å². The Labute approximate surface area is 152 Å². The number of benzene rings is 1. The highest BCUT2D eigenvalue weighted by Crippen LogP contribution is 2.26. The zero-order valence-electron chi connectivity index (χ0n) is 14.8. The summed E-state index contributed by atoms with van der Waals surface area (Å²) in [5, 5.41) is 0. The minimum atomic E-state index is -0.331. The molecule has 0 aliphatic carbocycles. The summed E-state index contributed by atoms with van der Waals surface area (Å²) >= 11 is 0. The van der Waals surface area contributed by atoms with Gasteiger partial charge in [-0.1, -0.05) is 6.07 Å². The first-order valence-electron chi connectivity index (χ1n) is 8.76. The van der Waals surface area contributed by atoms with Gasteiger partial charge in [-0.15, -0.1) is 0 Å². The van der Waals surface area contributed by atoms with Gasteiger partial charge in [0, 0.05) is 29.9 Å². The zero-order valence-corrected chi connectivity index (χ0v) is 14.8. The third kappa shape index (κ3) is 3.91. The molecule has 1 saturated heterocycles. The van der Waals surface area contributed by atoms with E-state index in [1.54, 1.807) is 42.6 Å². The summed E-state index contributed by atoms with van der Waals surface area (Å²) in [6.07, 6.45) is 3.60. The molecule has 136 valence electrons. The van der Waals surface area contributed by atoms with Crippen LogP contribution in [0.4, 0.5) is 0 Å². The Morgan fingerprint density at radius 1 is 1.15 bits per heavy atom. The lowest BCUT2D eigenvalue weighted by atomic mass is 9.86. The van der Waals surface area contributed by atoms with E-state index in [2.05, 4.69) is 0 Å². The van der Waals surface area contributed by atoms with Gasteiger partial charge in [0.25, 0.3) is 5.56 Å². The van der Waals surface area contributed by atoms with Crippen LogP contribution in [-0.2, 0) is 4.79 Å². The molecule has 0 bridgehead atoms. The predicted octanol–water partition coefficient (Wildman–Crippen LogP) is 1.61. The van der Waals surface area contributed by atoms with Crippen LogP contribution < -0.4 is 11.3 Å². The van der Waals surface area contributed by atoms with Crippen molar-refractivity contribution < 1.29 is 9.59 Å². The number of Topliss-reactive ketones (excluding diaryl/α,β-unsaturated/α-hetero) is 1. The molecule has 1 amide bonds. The smallest absolute Gasteiger partial charge is 0.255 e. The quantitative estimate of drug-likeness (QED) is 0.828. The summed E-state index contributed by atoms with van der Waals surface area (Å²) in [5.74, 6) is -0.121. The van der Waals surface area contributed by atoms with Crippen LogP contribution >= 0.6 is 0 Å². The van der Waals surface area contributed by atoms with Gasteiger partial charge in [-0.05, 0) is 62.7 Å². The number of aromatic nitrogens is 1. The molecule has 1 aliphatic rings. The van der Waals surface area contributed by atoms with E-state index in [4.69, 9.17) is 5.73 Å². The van der Waals surface area contributed by atoms with E-state index in [-0.39, 0.29) is 29.2 Å². The molecular formula is C20H23N3O3. The number of likely N-dealkylation sites (N-methyl/N-ethyl adjacent to an activating group) is 1. The highest BCUT2D eigenvalue weighted by Gasteiger charge is 2.30. The van der Waals surface area contributed by atoms with Gasteiger partial charge in [-0.3, -0.25) is 23.9 Å². The van der Waals surface area contributed by atoms with Crippen LogP contribution in [0.25, 0.3) is 5.69 Å². The Hall–Kier alpha value is -2.73. The van der Waals surface area contributed by atoms with Crippen molar-refractivity contribution in [1.82, 2.24) is 9.47 Å². The van der Waals surface area contributed by atoms with E-state index in [0.29, 0.717) is 18.4 Å². The molecule has 0 spiro atoms. The molecule has 1 aromatic heterocycles. The third-order valence-corrected chi connectivity index (χ3v) is 5.07.